The van der Waals surface area contributed by atoms with Crippen LogP contribution in [0, 0.1) is 0 Å². The number of para-hydroxylation sites is 3. The van der Waals surface area contributed by atoms with Gasteiger partial charge in [-0.2, -0.15) is 0 Å². The van der Waals surface area contributed by atoms with Crippen LogP contribution >= 0.6 is 23.2 Å². The summed E-state index contributed by atoms with van der Waals surface area (Å²) >= 11 is 12.3. The van der Waals surface area contributed by atoms with E-state index in [1.807, 2.05) is 48.5 Å². The third-order valence-electron chi connectivity index (χ3n) is 4.63. The molecule has 4 nitrogen and oxygen atoms in total. The Morgan fingerprint density at radius 3 is 2.11 bits per heavy atom. The molecule has 0 fully saturated rings. The molecule has 5 rings (SSSR count). The van der Waals surface area contributed by atoms with E-state index in [0.717, 1.165) is 22.5 Å². The van der Waals surface area contributed by atoms with Gasteiger partial charge in [-0.3, -0.25) is 14.5 Å². The number of nitrogens with zero attached hydrogens (tertiary/aromatic N) is 1. The van der Waals surface area contributed by atoms with Gasteiger partial charge in [0.05, 0.1) is 34.3 Å². The van der Waals surface area contributed by atoms with Crippen LogP contribution in [0.5, 0.6) is 0 Å². The molecular formula is C22H16Cl2N2O2. The van der Waals surface area contributed by atoms with Gasteiger partial charge in [-0.25, -0.2) is 0 Å². The van der Waals surface area contributed by atoms with E-state index in [9.17, 15) is 9.59 Å². The van der Waals surface area contributed by atoms with Gasteiger partial charge in [-0.1, -0.05) is 65.7 Å². The first kappa shape index (κ1) is 18.5. The molecule has 2 aliphatic heterocycles. The Kier molecular flexibility index (Phi) is 5.07. The summed E-state index contributed by atoms with van der Waals surface area (Å²) in [6.07, 6.45) is 0.925. The van der Waals surface area contributed by atoms with Gasteiger partial charge >= 0.3 is 0 Å². The molecule has 2 heterocycles. The van der Waals surface area contributed by atoms with Crippen molar-refractivity contribution in [3.05, 3.63) is 87.9 Å². The number of fused-ring (bicyclic) bond motifs is 2. The number of amides is 2. The minimum atomic E-state index is -0.00815. The highest BCUT2D eigenvalue weighted by atomic mass is 35.5. The second-order valence-corrected chi connectivity index (χ2v) is 7.30. The van der Waals surface area contributed by atoms with Crippen molar-refractivity contribution in [2.75, 3.05) is 10.2 Å². The molecule has 140 valence electrons. The molecule has 3 aromatic carbocycles. The lowest BCUT2D eigenvalue weighted by molar-refractivity contribution is -0.117. The summed E-state index contributed by atoms with van der Waals surface area (Å²) in [4.78, 5) is 24.5. The van der Waals surface area contributed by atoms with Gasteiger partial charge in [-0.05, 0) is 35.4 Å². The monoisotopic (exact) mass is 410 g/mol. The van der Waals surface area contributed by atoms with Crippen LogP contribution in [0.3, 0.4) is 0 Å². The van der Waals surface area contributed by atoms with E-state index in [2.05, 4.69) is 5.32 Å². The van der Waals surface area contributed by atoms with E-state index >= 15 is 0 Å². The topological polar surface area (TPSA) is 49.4 Å². The zero-order valence-electron chi connectivity index (χ0n) is 14.8. The predicted octanol–water partition coefficient (Wildman–Crippen LogP) is 5.40. The standard InChI is InChI=1S/C14H9Cl2NO.C8H7NO/c15-10-5-3-6-11(16)14(10)17-12-7-2-1-4-9(12)8-13(17)18;10-8-5-6-3-1-2-4-7(6)9-8/h1-7H,8H2;1-4H,5H2,(H,9,10). The molecule has 0 radical (unpaired) electrons. The van der Waals surface area contributed by atoms with Crippen molar-refractivity contribution in [2.24, 2.45) is 0 Å². The van der Waals surface area contributed by atoms with Crippen LogP contribution in [-0.4, -0.2) is 11.8 Å². The van der Waals surface area contributed by atoms with Crippen LogP contribution in [0.1, 0.15) is 11.1 Å². The van der Waals surface area contributed by atoms with E-state index in [0.29, 0.717) is 28.6 Å². The first-order chi connectivity index (χ1) is 13.5. The zero-order chi connectivity index (χ0) is 19.7. The quantitative estimate of drug-likeness (QED) is 0.583. The average molecular weight is 411 g/mol. The summed E-state index contributed by atoms with van der Waals surface area (Å²) in [5, 5.41) is 3.72. The van der Waals surface area contributed by atoms with Crippen molar-refractivity contribution in [1.82, 2.24) is 0 Å². The Hall–Kier alpha value is -2.82. The minimum absolute atomic E-state index is 0.00815. The largest absolute Gasteiger partial charge is 0.326 e. The molecular weight excluding hydrogens is 395 g/mol. The highest BCUT2D eigenvalue weighted by Gasteiger charge is 2.30. The van der Waals surface area contributed by atoms with Crippen LogP contribution in [0.4, 0.5) is 17.1 Å². The molecule has 0 saturated carbocycles. The lowest BCUT2D eigenvalue weighted by Crippen LogP contribution is -2.21. The molecule has 1 N–H and O–H groups in total. The number of hydrogen-bond acceptors (Lipinski definition) is 2. The summed E-state index contributed by atoms with van der Waals surface area (Å²) in [6.45, 7) is 0. The number of rotatable bonds is 1. The van der Waals surface area contributed by atoms with Crippen molar-refractivity contribution < 1.29 is 9.59 Å². The first-order valence-corrected chi connectivity index (χ1v) is 9.53. The van der Waals surface area contributed by atoms with E-state index in [1.165, 1.54) is 0 Å². The van der Waals surface area contributed by atoms with Crippen molar-refractivity contribution in [3.8, 4) is 0 Å². The second kappa shape index (κ2) is 7.66. The third kappa shape index (κ3) is 3.49. The van der Waals surface area contributed by atoms with Gasteiger partial charge in [0.2, 0.25) is 11.8 Å². The summed E-state index contributed by atoms with van der Waals surface area (Å²) in [7, 11) is 0. The molecule has 0 bridgehead atoms. The van der Waals surface area contributed by atoms with Gasteiger partial charge in [0.15, 0.2) is 0 Å². The molecule has 2 amide bonds. The maximum Gasteiger partial charge on any atom is 0.236 e. The molecule has 0 spiro atoms. The van der Waals surface area contributed by atoms with Gasteiger partial charge in [0, 0.05) is 5.69 Å². The third-order valence-corrected chi connectivity index (χ3v) is 5.24. The molecule has 2 aliphatic rings. The maximum atomic E-state index is 12.1. The van der Waals surface area contributed by atoms with Crippen LogP contribution in [0.25, 0.3) is 0 Å². The van der Waals surface area contributed by atoms with Crippen LogP contribution in [0.15, 0.2) is 66.7 Å². The average Bonchev–Trinajstić information content (AvgIpc) is 3.21. The zero-order valence-corrected chi connectivity index (χ0v) is 16.3. The van der Waals surface area contributed by atoms with Crippen molar-refractivity contribution >= 4 is 52.1 Å². The molecule has 28 heavy (non-hydrogen) atoms. The fourth-order valence-corrected chi connectivity index (χ4v) is 3.93. The van der Waals surface area contributed by atoms with E-state index in [1.54, 1.807) is 23.1 Å². The maximum absolute atomic E-state index is 12.1. The summed E-state index contributed by atoms with van der Waals surface area (Å²) in [6, 6.07) is 20.6. The normalized spacial score (nSPS) is 14.1. The second-order valence-electron chi connectivity index (χ2n) is 6.49. The highest BCUT2D eigenvalue weighted by molar-refractivity contribution is 6.40. The number of carbonyl (C=O) groups excluding carboxylic acids is 2. The first-order valence-electron chi connectivity index (χ1n) is 8.77. The molecule has 6 heteroatoms. The van der Waals surface area contributed by atoms with Gasteiger partial charge in [0.1, 0.15) is 0 Å². The van der Waals surface area contributed by atoms with Crippen molar-refractivity contribution in [2.45, 2.75) is 12.8 Å². The fourth-order valence-electron chi connectivity index (χ4n) is 3.37. The Labute approximate surface area is 172 Å². The Morgan fingerprint density at radius 1 is 0.750 bits per heavy atom. The van der Waals surface area contributed by atoms with Gasteiger partial charge in [-0.15, -0.1) is 0 Å². The lowest BCUT2D eigenvalue weighted by atomic mass is 10.2. The van der Waals surface area contributed by atoms with Crippen LogP contribution in [-0.2, 0) is 22.4 Å². The lowest BCUT2D eigenvalue weighted by Gasteiger charge is -2.20. The molecule has 3 aromatic rings. The number of carbonyl (C=O) groups is 2. The van der Waals surface area contributed by atoms with Crippen molar-refractivity contribution in [1.29, 1.82) is 0 Å². The molecule has 0 aliphatic carbocycles. The van der Waals surface area contributed by atoms with Gasteiger partial charge in [0.25, 0.3) is 0 Å². The van der Waals surface area contributed by atoms with E-state index in [4.69, 9.17) is 23.2 Å². The van der Waals surface area contributed by atoms with Crippen molar-refractivity contribution in [3.63, 3.8) is 0 Å². The number of hydrogen-bond donors (Lipinski definition) is 1. The smallest absolute Gasteiger partial charge is 0.236 e. The number of halogens is 2. The molecule has 0 atom stereocenters. The Bertz CT molecular complexity index is 1030. The van der Waals surface area contributed by atoms with Crippen LogP contribution in [0.2, 0.25) is 10.0 Å². The van der Waals surface area contributed by atoms with E-state index in [-0.39, 0.29) is 11.8 Å². The minimum Gasteiger partial charge on any atom is -0.326 e. The summed E-state index contributed by atoms with van der Waals surface area (Å²) < 4.78 is 0. The number of benzene rings is 3. The fraction of sp³-hybridized carbons (Fsp3) is 0.0909. The van der Waals surface area contributed by atoms with Crippen LogP contribution < -0.4 is 10.2 Å². The number of nitrogens with one attached hydrogen (secondary N) is 1. The molecule has 0 unspecified atom stereocenters. The summed E-state index contributed by atoms with van der Waals surface area (Å²) in [5.74, 6) is 0.0902. The Morgan fingerprint density at radius 2 is 1.39 bits per heavy atom. The Balaban J connectivity index is 0.000000162. The van der Waals surface area contributed by atoms with Gasteiger partial charge < -0.3 is 5.32 Å². The molecule has 0 saturated heterocycles. The SMILES string of the molecule is O=C1Cc2ccccc2N1.O=C1Cc2ccccc2N1c1c(Cl)cccc1Cl. The highest BCUT2D eigenvalue weighted by Crippen LogP contribution is 2.42. The molecule has 0 aromatic heterocycles. The number of anilines is 3. The van der Waals surface area contributed by atoms with E-state index < -0.39 is 0 Å². The summed E-state index contributed by atoms with van der Waals surface area (Å²) in [5.41, 5.74) is 4.49. The predicted molar refractivity (Wildman–Crippen MR) is 113 cm³/mol.